The molecule has 5 nitrogen and oxygen atoms in total. The van der Waals surface area contributed by atoms with Gasteiger partial charge in [0.2, 0.25) is 5.91 Å². The Morgan fingerprint density at radius 3 is 2.94 bits per heavy atom. The van der Waals surface area contributed by atoms with Crippen LogP contribution in [0, 0.1) is 5.92 Å². The lowest BCUT2D eigenvalue weighted by molar-refractivity contribution is -0.117. The summed E-state index contributed by atoms with van der Waals surface area (Å²) in [6.45, 7) is 0.583. The molecule has 6 heteroatoms. The number of aromatic carboxylic acids is 1. The number of carbonyl (C=O) groups excluding carboxylic acids is 1. The molecule has 2 heterocycles. The molecule has 0 radical (unpaired) electrons. The molecule has 1 aromatic rings. The molecule has 1 N–H and O–H groups in total. The lowest BCUT2D eigenvalue weighted by Gasteiger charge is -2.15. The molecule has 0 aromatic carbocycles. The molecule has 1 unspecified atom stereocenters. The summed E-state index contributed by atoms with van der Waals surface area (Å²) in [6.07, 6.45) is 0.476. The van der Waals surface area contributed by atoms with Crippen molar-refractivity contribution in [1.82, 2.24) is 4.98 Å². The van der Waals surface area contributed by atoms with Gasteiger partial charge < -0.3 is 5.11 Å². The SMILES string of the molecule is O=C(O)c1cccc(N2CC(CBr)CC2=O)n1. The van der Waals surface area contributed by atoms with Crippen molar-refractivity contribution in [1.29, 1.82) is 0 Å². The number of carboxylic acids is 1. The highest BCUT2D eigenvalue weighted by atomic mass is 79.9. The van der Waals surface area contributed by atoms with Gasteiger partial charge in [-0.15, -0.1) is 0 Å². The summed E-state index contributed by atoms with van der Waals surface area (Å²) in [5, 5.41) is 9.60. The lowest BCUT2D eigenvalue weighted by Crippen LogP contribution is -2.26. The molecule has 1 aliphatic rings. The zero-order valence-corrected chi connectivity index (χ0v) is 10.6. The van der Waals surface area contributed by atoms with E-state index >= 15 is 0 Å². The third-order valence-corrected chi connectivity index (χ3v) is 3.57. The summed E-state index contributed by atoms with van der Waals surface area (Å²) >= 11 is 3.35. The van der Waals surface area contributed by atoms with E-state index in [0.717, 1.165) is 5.33 Å². The Morgan fingerprint density at radius 1 is 1.59 bits per heavy atom. The molecule has 2 rings (SSSR count). The number of carbonyl (C=O) groups is 2. The van der Waals surface area contributed by atoms with Gasteiger partial charge in [-0.1, -0.05) is 22.0 Å². The van der Waals surface area contributed by atoms with Crippen molar-refractivity contribution in [3.8, 4) is 0 Å². The molecule has 0 aliphatic carbocycles. The largest absolute Gasteiger partial charge is 0.477 e. The van der Waals surface area contributed by atoms with Crippen molar-refractivity contribution in [3.05, 3.63) is 23.9 Å². The molecule has 1 aromatic heterocycles. The molecule has 1 fully saturated rings. The third kappa shape index (κ3) is 2.46. The van der Waals surface area contributed by atoms with Crippen molar-refractivity contribution >= 4 is 33.6 Å². The molecule has 0 spiro atoms. The van der Waals surface area contributed by atoms with Gasteiger partial charge in [0.05, 0.1) is 0 Å². The molecule has 0 bridgehead atoms. The van der Waals surface area contributed by atoms with E-state index in [1.807, 2.05) is 0 Å². The van der Waals surface area contributed by atoms with E-state index in [2.05, 4.69) is 20.9 Å². The summed E-state index contributed by atoms with van der Waals surface area (Å²) in [5.74, 6) is -0.420. The maximum Gasteiger partial charge on any atom is 0.354 e. The van der Waals surface area contributed by atoms with Crippen LogP contribution in [0.3, 0.4) is 0 Å². The minimum atomic E-state index is -1.09. The van der Waals surface area contributed by atoms with Crippen LogP contribution < -0.4 is 4.90 Å². The predicted molar refractivity (Wildman–Crippen MR) is 65.5 cm³/mol. The normalized spacial score (nSPS) is 19.7. The minimum absolute atomic E-state index is 0.00973. The van der Waals surface area contributed by atoms with Crippen molar-refractivity contribution in [3.63, 3.8) is 0 Å². The number of amides is 1. The van der Waals surface area contributed by atoms with E-state index in [-0.39, 0.29) is 17.5 Å². The molecular formula is C11H11BrN2O3. The summed E-state index contributed by atoms with van der Waals surface area (Å²) in [7, 11) is 0. The summed E-state index contributed by atoms with van der Waals surface area (Å²) < 4.78 is 0. The van der Waals surface area contributed by atoms with Crippen molar-refractivity contribution in [2.24, 2.45) is 5.92 Å². The van der Waals surface area contributed by atoms with Crippen LogP contribution in [0.1, 0.15) is 16.9 Å². The van der Waals surface area contributed by atoms with Gasteiger partial charge in [-0.2, -0.15) is 0 Å². The van der Waals surface area contributed by atoms with Crippen molar-refractivity contribution in [2.45, 2.75) is 6.42 Å². The number of rotatable bonds is 3. The Bertz CT molecular complexity index is 464. The van der Waals surface area contributed by atoms with Gasteiger partial charge in [0.1, 0.15) is 5.82 Å². The molecular weight excluding hydrogens is 288 g/mol. The second-order valence-corrected chi connectivity index (χ2v) is 4.56. The van der Waals surface area contributed by atoms with Crippen molar-refractivity contribution in [2.75, 3.05) is 16.8 Å². The van der Waals surface area contributed by atoms with Crippen LogP contribution in [-0.2, 0) is 4.79 Å². The van der Waals surface area contributed by atoms with E-state index in [4.69, 9.17) is 5.11 Å². The van der Waals surface area contributed by atoms with Gasteiger partial charge >= 0.3 is 5.97 Å². The summed E-state index contributed by atoms with van der Waals surface area (Å²) in [5.41, 5.74) is -0.0439. The molecule has 1 amide bonds. The Balaban J connectivity index is 2.25. The van der Waals surface area contributed by atoms with Crippen molar-refractivity contribution < 1.29 is 14.7 Å². The Kier molecular flexibility index (Phi) is 3.42. The van der Waals surface area contributed by atoms with E-state index in [0.29, 0.717) is 18.8 Å². The second kappa shape index (κ2) is 4.83. The summed E-state index contributed by atoms with van der Waals surface area (Å²) in [6, 6.07) is 4.66. The first-order valence-corrected chi connectivity index (χ1v) is 6.30. The average molecular weight is 299 g/mol. The van der Waals surface area contributed by atoms with Crippen LogP contribution in [-0.4, -0.2) is 33.8 Å². The van der Waals surface area contributed by atoms with E-state index in [1.54, 1.807) is 17.0 Å². The number of carboxylic acid groups (broad SMARTS) is 1. The number of hydrogen-bond donors (Lipinski definition) is 1. The lowest BCUT2D eigenvalue weighted by atomic mass is 10.2. The van der Waals surface area contributed by atoms with E-state index < -0.39 is 5.97 Å². The zero-order valence-electron chi connectivity index (χ0n) is 8.97. The van der Waals surface area contributed by atoms with Crippen LogP contribution in [0.2, 0.25) is 0 Å². The first kappa shape index (κ1) is 12.0. The summed E-state index contributed by atoms with van der Waals surface area (Å²) in [4.78, 5) is 28.0. The number of halogens is 1. The first-order chi connectivity index (χ1) is 8.11. The highest BCUT2D eigenvalue weighted by Gasteiger charge is 2.30. The Hall–Kier alpha value is -1.43. The smallest absolute Gasteiger partial charge is 0.354 e. The number of alkyl halides is 1. The maximum atomic E-state index is 11.7. The molecule has 90 valence electrons. The number of nitrogens with zero attached hydrogens (tertiary/aromatic N) is 2. The molecule has 0 saturated carbocycles. The van der Waals surface area contributed by atoms with E-state index in [9.17, 15) is 9.59 Å². The van der Waals surface area contributed by atoms with Gasteiger partial charge in [0, 0.05) is 18.3 Å². The fourth-order valence-corrected chi connectivity index (χ4v) is 2.23. The monoisotopic (exact) mass is 298 g/mol. The molecule has 17 heavy (non-hydrogen) atoms. The second-order valence-electron chi connectivity index (χ2n) is 3.91. The molecule has 1 atom stereocenters. The maximum absolute atomic E-state index is 11.7. The zero-order chi connectivity index (χ0) is 12.4. The van der Waals surface area contributed by atoms with Gasteiger partial charge in [0.25, 0.3) is 0 Å². The molecule has 1 saturated heterocycles. The number of pyridine rings is 1. The van der Waals surface area contributed by atoms with Crippen LogP contribution >= 0.6 is 15.9 Å². The minimum Gasteiger partial charge on any atom is -0.477 e. The number of anilines is 1. The highest BCUT2D eigenvalue weighted by molar-refractivity contribution is 9.09. The molecule has 1 aliphatic heterocycles. The fraction of sp³-hybridized carbons (Fsp3) is 0.364. The topological polar surface area (TPSA) is 70.5 Å². The number of hydrogen-bond acceptors (Lipinski definition) is 3. The van der Waals surface area contributed by atoms with Gasteiger partial charge in [-0.3, -0.25) is 9.69 Å². The van der Waals surface area contributed by atoms with Crippen LogP contribution in [0.4, 0.5) is 5.82 Å². The van der Waals surface area contributed by atoms with Gasteiger partial charge in [-0.05, 0) is 18.1 Å². The first-order valence-electron chi connectivity index (χ1n) is 5.18. The average Bonchev–Trinajstić information content (AvgIpc) is 2.71. The Labute approximate surface area is 107 Å². The van der Waals surface area contributed by atoms with E-state index in [1.165, 1.54) is 6.07 Å². The third-order valence-electron chi connectivity index (χ3n) is 2.65. The standard InChI is InChI=1S/C11H11BrN2O3/c12-5-7-4-10(15)14(6-7)9-3-1-2-8(13-9)11(16)17/h1-3,7H,4-6H2,(H,16,17). The number of aromatic nitrogens is 1. The predicted octanol–water partition coefficient (Wildman–Crippen LogP) is 1.53. The fourth-order valence-electron chi connectivity index (χ4n) is 1.80. The van der Waals surface area contributed by atoms with Crippen LogP contribution in [0.5, 0.6) is 0 Å². The van der Waals surface area contributed by atoms with Gasteiger partial charge in [0.15, 0.2) is 5.69 Å². The Morgan fingerprint density at radius 2 is 2.35 bits per heavy atom. The highest BCUT2D eigenvalue weighted by Crippen LogP contribution is 2.24. The quantitative estimate of drug-likeness (QED) is 0.859. The van der Waals surface area contributed by atoms with Crippen LogP contribution in [0.25, 0.3) is 0 Å². The van der Waals surface area contributed by atoms with Gasteiger partial charge in [-0.25, -0.2) is 9.78 Å². The van der Waals surface area contributed by atoms with Crippen LogP contribution in [0.15, 0.2) is 18.2 Å².